The average molecular weight is 367 g/mol. The van der Waals surface area contributed by atoms with Crippen molar-refractivity contribution in [1.82, 2.24) is 0 Å². The Morgan fingerprint density at radius 1 is 1.08 bits per heavy atom. The van der Waals surface area contributed by atoms with Crippen LogP contribution in [0.3, 0.4) is 0 Å². The summed E-state index contributed by atoms with van der Waals surface area (Å²) in [6, 6.07) is 11.2. The van der Waals surface area contributed by atoms with E-state index in [-0.39, 0.29) is 6.61 Å². The summed E-state index contributed by atoms with van der Waals surface area (Å²) < 4.78 is 42.5. The fourth-order valence-electron chi connectivity index (χ4n) is 1.98. The zero-order chi connectivity index (χ0) is 19.2. The lowest BCUT2D eigenvalue weighted by atomic mass is 10.1. The van der Waals surface area contributed by atoms with Crippen LogP contribution in [0.2, 0.25) is 0 Å². The van der Waals surface area contributed by atoms with Crippen molar-refractivity contribution in [3.8, 4) is 5.75 Å². The molecule has 0 fully saturated rings. The lowest BCUT2D eigenvalue weighted by Crippen LogP contribution is -2.09. The van der Waals surface area contributed by atoms with Crippen LogP contribution in [0.25, 0.3) is 0 Å². The minimum Gasteiger partial charge on any atom is -0.482 e. The molecule has 0 unspecified atom stereocenters. The van der Waals surface area contributed by atoms with Crippen LogP contribution in [-0.4, -0.2) is 23.4 Å². The zero-order valence-electron chi connectivity index (χ0n) is 13.8. The molecular weight excluding hydrogens is 351 g/mol. The average Bonchev–Trinajstić information content (AvgIpc) is 2.60. The van der Waals surface area contributed by atoms with E-state index in [1.807, 2.05) is 0 Å². The van der Waals surface area contributed by atoms with E-state index < -0.39 is 24.3 Å². The van der Waals surface area contributed by atoms with Gasteiger partial charge in [0.05, 0.1) is 11.3 Å². The number of hydrogen-bond acceptors (Lipinski definition) is 4. The third-order valence-electron chi connectivity index (χ3n) is 3.35. The largest absolute Gasteiger partial charge is 0.482 e. The molecule has 0 saturated heterocycles. The molecular formula is C18H16F3NO4. The van der Waals surface area contributed by atoms with Crippen molar-refractivity contribution < 1.29 is 32.6 Å². The first kappa shape index (κ1) is 19.3. The molecule has 26 heavy (non-hydrogen) atoms. The van der Waals surface area contributed by atoms with Gasteiger partial charge in [0.2, 0.25) is 0 Å². The lowest BCUT2D eigenvalue weighted by Gasteiger charge is -2.07. The van der Waals surface area contributed by atoms with E-state index in [2.05, 4.69) is 5.16 Å². The van der Waals surface area contributed by atoms with E-state index in [4.69, 9.17) is 14.7 Å². The van der Waals surface area contributed by atoms with Gasteiger partial charge in [0.25, 0.3) is 0 Å². The van der Waals surface area contributed by atoms with Crippen LogP contribution in [0.5, 0.6) is 5.75 Å². The van der Waals surface area contributed by atoms with E-state index in [0.29, 0.717) is 17.0 Å². The van der Waals surface area contributed by atoms with Gasteiger partial charge in [-0.1, -0.05) is 17.3 Å². The summed E-state index contributed by atoms with van der Waals surface area (Å²) in [7, 11) is 0. The van der Waals surface area contributed by atoms with Gasteiger partial charge >= 0.3 is 12.1 Å². The van der Waals surface area contributed by atoms with Gasteiger partial charge in [-0.3, -0.25) is 0 Å². The number of hydrogen-bond donors (Lipinski definition) is 1. The summed E-state index contributed by atoms with van der Waals surface area (Å²) in [6.07, 6.45) is -4.37. The molecule has 1 N–H and O–H groups in total. The quantitative estimate of drug-likeness (QED) is 0.591. The van der Waals surface area contributed by atoms with Crippen molar-refractivity contribution in [2.75, 3.05) is 6.61 Å². The van der Waals surface area contributed by atoms with E-state index in [1.165, 1.54) is 12.1 Å². The summed E-state index contributed by atoms with van der Waals surface area (Å²) in [5.41, 5.74) is 1.14. The maximum absolute atomic E-state index is 12.5. The zero-order valence-corrected chi connectivity index (χ0v) is 13.8. The number of carboxylic acids is 1. The molecule has 0 aliphatic heterocycles. The number of carbonyl (C=O) groups is 1. The van der Waals surface area contributed by atoms with Crippen LogP contribution in [-0.2, 0) is 22.4 Å². The van der Waals surface area contributed by atoms with E-state index >= 15 is 0 Å². The number of rotatable bonds is 7. The second-order valence-electron chi connectivity index (χ2n) is 5.35. The van der Waals surface area contributed by atoms with Crippen molar-refractivity contribution in [3.63, 3.8) is 0 Å². The molecule has 0 spiro atoms. The van der Waals surface area contributed by atoms with E-state index in [1.54, 1.807) is 31.2 Å². The summed E-state index contributed by atoms with van der Waals surface area (Å²) in [5.74, 6) is -0.655. The van der Waals surface area contributed by atoms with Crippen LogP contribution < -0.4 is 4.74 Å². The Morgan fingerprint density at radius 3 is 2.23 bits per heavy atom. The highest BCUT2D eigenvalue weighted by molar-refractivity contribution is 5.98. The maximum Gasteiger partial charge on any atom is 0.416 e. The van der Waals surface area contributed by atoms with Gasteiger partial charge in [0.1, 0.15) is 12.4 Å². The highest BCUT2D eigenvalue weighted by Crippen LogP contribution is 2.29. The Bertz CT molecular complexity index is 769. The standard InChI is InChI=1S/C18H16F3NO4/c1-12(14-4-8-16(9-5-14)25-11-17(23)24)22-26-10-13-2-6-15(7-3-13)18(19,20)21/h2-9H,10-11H2,1H3,(H,23,24)/b22-12+. The molecule has 0 aliphatic rings. The minimum atomic E-state index is -4.37. The van der Waals surface area contributed by atoms with Gasteiger partial charge in [-0.2, -0.15) is 13.2 Å². The number of aliphatic carboxylic acids is 1. The monoisotopic (exact) mass is 367 g/mol. The van der Waals surface area contributed by atoms with Crippen LogP contribution in [0.1, 0.15) is 23.6 Å². The molecule has 0 heterocycles. The number of oxime groups is 1. The molecule has 0 amide bonds. The fourth-order valence-corrected chi connectivity index (χ4v) is 1.98. The first-order chi connectivity index (χ1) is 12.3. The highest BCUT2D eigenvalue weighted by Gasteiger charge is 2.29. The SMILES string of the molecule is C/C(=N\OCc1ccc(C(F)(F)F)cc1)c1ccc(OCC(=O)O)cc1. The Kier molecular flexibility index (Phi) is 6.21. The van der Waals surface area contributed by atoms with Gasteiger partial charge in [-0.15, -0.1) is 0 Å². The summed E-state index contributed by atoms with van der Waals surface area (Å²) in [6.45, 7) is 1.32. The molecule has 8 heteroatoms. The maximum atomic E-state index is 12.5. The van der Waals surface area contributed by atoms with Crippen LogP contribution >= 0.6 is 0 Å². The molecule has 0 atom stereocenters. The molecule has 5 nitrogen and oxygen atoms in total. The third-order valence-corrected chi connectivity index (χ3v) is 3.35. The lowest BCUT2D eigenvalue weighted by molar-refractivity contribution is -0.139. The van der Waals surface area contributed by atoms with Crippen molar-refractivity contribution in [2.45, 2.75) is 19.7 Å². The number of benzene rings is 2. The predicted octanol–water partition coefficient (Wildman–Crippen LogP) is 4.11. The van der Waals surface area contributed by atoms with Gasteiger partial charge < -0.3 is 14.7 Å². The number of carboxylic acid groups (broad SMARTS) is 1. The summed E-state index contributed by atoms with van der Waals surface area (Å²) in [4.78, 5) is 15.6. The van der Waals surface area contributed by atoms with Crippen LogP contribution in [0.15, 0.2) is 53.7 Å². The first-order valence-electron chi connectivity index (χ1n) is 7.53. The second kappa shape index (κ2) is 8.37. The number of halogens is 3. The third kappa shape index (κ3) is 5.80. The van der Waals surface area contributed by atoms with Crippen molar-refractivity contribution in [3.05, 3.63) is 65.2 Å². The molecule has 0 saturated carbocycles. The molecule has 2 aromatic carbocycles. The molecule has 138 valence electrons. The van der Waals surface area contributed by atoms with Crippen molar-refractivity contribution in [2.24, 2.45) is 5.16 Å². The molecule has 0 aliphatic carbocycles. The summed E-state index contributed by atoms with van der Waals surface area (Å²) in [5, 5.41) is 12.5. The molecule has 0 radical (unpaired) electrons. The van der Waals surface area contributed by atoms with Crippen molar-refractivity contribution in [1.29, 1.82) is 0 Å². The van der Waals surface area contributed by atoms with E-state index in [9.17, 15) is 18.0 Å². The summed E-state index contributed by atoms with van der Waals surface area (Å²) >= 11 is 0. The van der Waals surface area contributed by atoms with E-state index in [0.717, 1.165) is 17.7 Å². The van der Waals surface area contributed by atoms with Gasteiger partial charge in [-0.05, 0) is 54.4 Å². The Balaban J connectivity index is 1.90. The topological polar surface area (TPSA) is 68.1 Å². The number of nitrogens with zero attached hydrogens (tertiary/aromatic N) is 1. The Morgan fingerprint density at radius 2 is 1.69 bits per heavy atom. The van der Waals surface area contributed by atoms with Gasteiger partial charge in [-0.25, -0.2) is 4.79 Å². The van der Waals surface area contributed by atoms with Crippen LogP contribution in [0.4, 0.5) is 13.2 Å². The van der Waals surface area contributed by atoms with Crippen LogP contribution in [0, 0.1) is 0 Å². The molecule has 2 aromatic rings. The minimum absolute atomic E-state index is 0.0370. The normalized spacial score (nSPS) is 11.9. The predicted molar refractivity (Wildman–Crippen MR) is 88.0 cm³/mol. The number of ether oxygens (including phenoxy) is 1. The van der Waals surface area contributed by atoms with Gasteiger partial charge in [0, 0.05) is 0 Å². The molecule has 0 aromatic heterocycles. The number of alkyl halides is 3. The van der Waals surface area contributed by atoms with Crippen molar-refractivity contribution >= 4 is 11.7 Å². The Labute approximate surface area is 147 Å². The smallest absolute Gasteiger partial charge is 0.416 e. The second-order valence-corrected chi connectivity index (χ2v) is 5.35. The van der Waals surface area contributed by atoms with Gasteiger partial charge in [0.15, 0.2) is 6.61 Å². The molecule has 0 bridgehead atoms. The highest BCUT2D eigenvalue weighted by atomic mass is 19.4. The fraction of sp³-hybridized carbons (Fsp3) is 0.222. The first-order valence-corrected chi connectivity index (χ1v) is 7.53. The Hall–Kier alpha value is -3.03. The molecule has 2 rings (SSSR count).